The molecule has 1 aromatic heterocycles. The van der Waals surface area contributed by atoms with Crippen molar-refractivity contribution in [2.24, 2.45) is 0 Å². The summed E-state index contributed by atoms with van der Waals surface area (Å²) in [5.41, 5.74) is 1.03. The van der Waals surface area contributed by atoms with Gasteiger partial charge in [-0.15, -0.1) is 0 Å². The molecule has 0 aliphatic carbocycles. The molecule has 0 bridgehead atoms. The van der Waals surface area contributed by atoms with Crippen molar-refractivity contribution in [2.45, 2.75) is 6.54 Å². The lowest BCUT2D eigenvalue weighted by Gasteiger charge is -2.28. The molecule has 1 saturated heterocycles. The van der Waals surface area contributed by atoms with Crippen molar-refractivity contribution in [1.29, 1.82) is 0 Å². The van der Waals surface area contributed by atoms with Crippen LogP contribution in [0.25, 0.3) is 0 Å². The molecule has 3 rings (SSSR count). The zero-order valence-corrected chi connectivity index (χ0v) is 14.4. The second-order valence-corrected chi connectivity index (χ2v) is 6.06. The van der Waals surface area contributed by atoms with Gasteiger partial charge in [0.1, 0.15) is 11.5 Å². The lowest BCUT2D eigenvalue weighted by atomic mass is 10.2. The molecule has 25 heavy (non-hydrogen) atoms. The van der Waals surface area contributed by atoms with E-state index < -0.39 is 0 Å². The first-order valence-electron chi connectivity index (χ1n) is 8.42. The molecule has 1 aliphatic heterocycles. The second kappa shape index (κ2) is 8.60. The van der Waals surface area contributed by atoms with E-state index in [1.54, 1.807) is 12.4 Å². The van der Waals surface area contributed by atoms with Gasteiger partial charge in [0.05, 0.1) is 26.0 Å². The van der Waals surface area contributed by atoms with Crippen LogP contribution in [0.2, 0.25) is 0 Å². The molecule has 0 N–H and O–H groups in total. The first-order valence-corrected chi connectivity index (χ1v) is 8.42. The van der Waals surface area contributed by atoms with E-state index in [1.807, 2.05) is 53.2 Å². The minimum Gasteiger partial charge on any atom is -0.455 e. The molecule has 0 spiro atoms. The SMILES string of the molecule is CN(CC(=O)N1CCOCC1)Cc1ccccc1Oc1cccnc1. The summed E-state index contributed by atoms with van der Waals surface area (Å²) in [5.74, 6) is 1.61. The third-order valence-electron chi connectivity index (χ3n) is 4.04. The van der Waals surface area contributed by atoms with Crippen LogP contribution in [0, 0.1) is 0 Å². The van der Waals surface area contributed by atoms with Crippen molar-refractivity contribution in [3.8, 4) is 11.5 Å². The average Bonchev–Trinajstić information content (AvgIpc) is 2.65. The van der Waals surface area contributed by atoms with Gasteiger partial charge in [-0.25, -0.2) is 0 Å². The maximum Gasteiger partial charge on any atom is 0.236 e. The fourth-order valence-corrected chi connectivity index (χ4v) is 2.76. The van der Waals surface area contributed by atoms with Crippen molar-refractivity contribution < 1.29 is 14.3 Å². The quantitative estimate of drug-likeness (QED) is 0.806. The Balaban J connectivity index is 1.61. The molecule has 2 heterocycles. The van der Waals surface area contributed by atoms with Gasteiger partial charge in [0, 0.05) is 31.4 Å². The van der Waals surface area contributed by atoms with Gasteiger partial charge in [-0.1, -0.05) is 18.2 Å². The van der Waals surface area contributed by atoms with E-state index in [9.17, 15) is 4.79 Å². The number of likely N-dealkylation sites (N-methyl/N-ethyl adjacent to an activating group) is 1. The zero-order chi connectivity index (χ0) is 17.5. The minimum absolute atomic E-state index is 0.136. The summed E-state index contributed by atoms with van der Waals surface area (Å²) in [6.45, 7) is 3.60. The third kappa shape index (κ3) is 5.01. The van der Waals surface area contributed by atoms with Gasteiger partial charge < -0.3 is 14.4 Å². The van der Waals surface area contributed by atoms with Crippen molar-refractivity contribution >= 4 is 5.91 Å². The molecule has 0 radical (unpaired) electrons. The number of morpholine rings is 1. The smallest absolute Gasteiger partial charge is 0.236 e. The largest absolute Gasteiger partial charge is 0.455 e. The van der Waals surface area contributed by atoms with Crippen LogP contribution >= 0.6 is 0 Å². The maximum absolute atomic E-state index is 12.4. The number of ether oxygens (including phenoxy) is 2. The third-order valence-corrected chi connectivity index (χ3v) is 4.04. The summed E-state index contributed by atoms with van der Waals surface area (Å²) in [7, 11) is 1.94. The van der Waals surface area contributed by atoms with Crippen molar-refractivity contribution in [1.82, 2.24) is 14.8 Å². The lowest BCUT2D eigenvalue weighted by molar-refractivity contribution is -0.136. The Kier molecular flexibility index (Phi) is 5.98. The lowest BCUT2D eigenvalue weighted by Crippen LogP contribution is -2.44. The minimum atomic E-state index is 0.136. The van der Waals surface area contributed by atoms with Gasteiger partial charge in [0.15, 0.2) is 0 Å². The molecular weight excluding hydrogens is 318 g/mol. The zero-order valence-electron chi connectivity index (χ0n) is 14.4. The molecule has 1 fully saturated rings. The topological polar surface area (TPSA) is 54.9 Å². The Morgan fingerprint density at radius 1 is 1.24 bits per heavy atom. The first-order chi connectivity index (χ1) is 12.2. The molecule has 1 aliphatic rings. The molecule has 6 heteroatoms. The number of rotatable bonds is 6. The van der Waals surface area contributed by atoms with Crippen LogP contribution in [0.1, 0.15) is 5.56 Å². The van der Waals surface area contributed by atoms with Crippen LogP contribution in [0.4, 0.5) is 0 Å². The number of carbonyl (C=O) groups is 1. The van der Waals surface area contributed by atoms with Crippen molar-refractivity contribution in [3.05, 3.63) is 54.4 Å². The Hall–Kier alpha value is -2.44. The van der Waals surface area contributed by atoms with E-state index >= 15 is 0 Å². The van der Waals surface area contributed by atoms with Gasteiger partial charge in [-0.3, -0.25) is 14.7 Å². The molecule has 1 amide bonds. The van der Waals surface area contributed by atoms with Crippen LogP contribution in [0.5, 0.6) is 11.5 Å². The van der Waals surface area contributed by atoms with Crippen molar-refractivity contribution in [2.75, 3.05) is 39.9 Å². The predicted octanol–water partition coefficient (Wildman–Crippen LogP) is 2.16. The van der Waals surface area contributed by atoms with Crippen LogP contribution in [0.3, 0.4) is 0 Å². The van der Waals surface area contributed by atoms with Gasteiger partial charge in [-0.05, 0) is 25.2 Å². The standard InChI is InChI=1S/C19H23N3O3/c1-21(15-19(23)22-9-11-24-12-10-22)14-16-5-2-3-7-18(16)25-17-6-4-8-20-13-17/h2-8,13H,9-12,14-15H2,1H3. The highest BCUT2D eigenvalue weighted by molar-refractivity contribution is 5.78. The number of amides is 1. The second-order valence-electron chi connectivity index (χ2n) is 6.06. The van der Waals surface area contributed by atoms with E-state index in [0.29, 0.717) is 45.1 Å². The number of para-hydroxylation sites is 1. The predicted molar refractivity (Wildman–Crippen MR) is 94.5 cm³/mol. The molecule has 0 atom stereocenters. The normalized spacial score (nSPS) is 14.6. The van der Waals surface area contributed by atoms with E-state index in [1.165, 1.54) is 0 Å². The molecule has 132 valence electrons. The Bertz CT molecular complexity index is 687. The van der Waals surface area contributed by atoms with Crippen molar-refractivity contribution in [3.63, 3.8) is 0 Å². The van der Waals surface area contributed by atoms with Gasteiger partial charge in [0.25, 0.3) is 0 Å². The molecule has 0 saturated carbocycles. The maximum atomic E-state index is 12.4. The number of aromatic nitrogens is 1. The Morgan fingerprint density at radius 3 is 2.80 bits per heavy atom. The fourth-order valence-electron chi connectivity index (χ4n) is 2.76. The summed E-state index contributed by atoms with van der Waals surface area (Å²) in [6.07, 6.45) is 3.40. The van der Waals surface area contributed by atoms with Crippen LogP contribution in [-0.4, -0.2) is 60.6 Å². The number of pyridine rings is 1. The number of benzene rings is 1. The average molecular weight is 341 g/mol. The van der Waals surface area contributed by atoms with E-state index in [4.69, 9.17) is 9.47 Å². The number of nitrogens with zero attached hydrogens (tertiary/aromatic N) is 3. The molecule has 2 aromatic rings. The molecular formula is C19H23N3O3. The van der Waals surface area contributed by atoms with Crippen LogP contribution < -0.4 is 4.74 Å². The van der Waals surface area contributed by atoms with E-state index in [0.717, 1.165) is 11.3 Å². The number of hydrogen-bond acceptors (Lipinski definition) is 5. The summed E-state index contributed by atoms with van der Waals surface area (Å²) in [6, 6.07) is 11.6. The monoisotopic (exact) mass is 341 g/mol. The Labute approximate surface area is 148 Å². The fraction of sp³-hybridized carbons (Fsp3) is 0.368. The number of carbonyl (C=O) groups excluding carboxylic acids is 1. The molecule has 1 aromatic carbocycles. The summed E-state index contributed by atoms with van der Waals surface area (Å²) in [4.78, 5) is 20.3. The summed E-state index contributed by atoms with van der Waals surface area (Å²) >= 11 is 0. The van der Waals surface area contributed by atoms with Gasteiger partial charge in [0.2, 0.25) is 5.91 Å². The first kappa shape index (κ1) is 17.4. The van der Waals surface area contributed by atoms with Crippen LogP contribution in [0.15, 0.2) is 48.8 Å². The van der Waals surface area contributed by atoms with Crippen LogP contribution in [-0.2, 0) is 16.1 Å². The van der Waals surface area contributed by atoms with E-state index in [2.05, 4.69) is 4.98 Å². The highest BCUT2D eigenvalue weighted by Gasteiger charge is 2.18. The molecule has 0 unspecified atom stereocenters. The van der Waals surface area contributed by atoms with Gasteiger partial charge >= 0.3 is 0 Å². The highest BCUT2D eigenvalue weighted by Crippen LogP contribution is 2.25. The summed E-state index contributed by atoms with van der Waals surface area (Å²) in [5, 5.41) is 0. The summed E-state index contributed by atoms with van der Waals surface area (Å²) < 4.78 is 11.2. The number of hydrogen-bond donors (Lipinski definition) is 0. The van der Waals surface area contributed by atoms with E-state index in [-0.39, 0.29) is 5.91 Å². The Morgan fingerprint density at radius 2 is 2.04 bits per heavy atom. The highest BCUT2D eigenvalue weighted by atomic mass is 16.5. The molecule has 6 nitrogen and oxygen atoms in total. The van der Waals surface area contributed by atoms with Gasteiger partial charge in [-0.2, -0.15) is 0 Å².